The number of anilines is 1. The highest BCUT2D eigenvalue weighted by molar-refractivity contribution is 6.31. The molecule has 35 heavy (non-hydrogen) atoms. The maximum absolute atomic E-state index is 13.0. The van der Waals surface area contributed by atoms with E-state index in [1.807, 2.05) is 30.3 Å². The average molecular weight is 515 g/mol. The Bertz CT molecular complexity index is 1200. The molecule has 182 valence electrons. The Labute approximate surface area is 213 Å². The summed E-state index contributed by atoms with van der Waals surface area (Å²) in [5, 5.41) is 5.96. The number of amides is 2. The largest absolute Gasteiger partial charge is 0.445 e. The predicted octanol–water partition coefficient (Wildman–Crippen LogP) is 6.10. The van der Waals surface area contributed by atoms with Crippen LogP contribution in [0.1, 0.15) is 29.8 Å². The van der Waals surface area contributed by atoms with Gasteiger partial charge in [0, 0.05) is 15.7 Å². The van der Waals surface area contributed by atoms with Gasteiger partial charge in [-0.05, 0) is 47.9 Å². The van der Waals surface area contributed by atoms with Crippen molar-refractivity contribution in [3.63, 3.8) is 0 Å². The lowest BCUT2D eigenvalue weighted by Gasteiger charge is -2.21. The normalized spacial score (nSPS) is 11.5. The average Bonchev–Trinajstić information content (AvgIpc) is 2.82. The molecule has 2 amide bonds. The number of nitrogens with one attached hydrogen (secondary N) is 2. The van der Waals surface area contributed by atoms with Crippen LogP contribution in [-0.4, -0.2) is 24.0 Å². The van der Waals surface area contributed by atoms with Gasteiger partial charge in [0.1, 0.15) is 18.4 Å². The summed E-state index contributed by atoms with van der Waals surface area (Å²) in [5.41, 5.74) is 1.31. The van der Waals surface area contributed by atoms with E-state index in [4.69, 9.17) is 32.7 Å². The Morgan fingerprint density at radius 3 is 2.29 bits per heavy atom. The number of rotatable bonds is 8. The van der Waals surface area contributed by atoms with Gasteiger partial charge in [0.2, 0.25) is 0 Å². The summed E-state index contributed by atoms with van der Waals surface area (Å²) >= 11 is 12.1. The first-order valence-electron chi connectivity index (χ1n) is 10.8. The van der Waals surface area contributed by atoms with E-state index in [0.717, 1.165) is 5.56 Å². The van der Waals surface area contributed by atoms with E-state index < -0.39 is 24.0 Å². The minimum Gasteiger partial charge on any atom is -0.445 e. The molecule has 3 rings (SSSR count). The first-order valence-corrected chi connectivity index (χ1v) is 11.5. The lowest BCUT2D eigenvalue weighted by molar-refractivity contribution is -0.137. The minimum atomic E-state index is -1.02. The van der Waals surface area contributed by atoms with Gasteiger partial charge < -0.3 is 20.1 Å². The van der Waals surface area contributed by atoms with Gasteiger partial charge in [-0.2, -0.15) is 0 Å². The fraction of sp³-hybridized carbons (Fsp3) is 0.192. The number of carbonyl (C=O) groups excluding carboxylic acids is 3. The van der Waals surface area contributed by atoms with E-state index in [2.05, 4.69) is 10.6 Å². The molecule has 0 spiro atoms. The third-order valence-electron chi connectivity index (χ3n) is 4.89. The van der Waals surface area contributed by atoms with E-state index in [9.17, 15) is 14.4 Å². The molecule has 3 aromatic rings. The summed E-state index contributed by atoms with van der Waals surface area (Å²) in [6.07, 6.45) is -0.764. The van der Waals surface area contributed by atoms with Gasteiger partial charge in [-0.15, -0.1) is 0 Å². The molecule has 0 bridgehead atoms. The molecule has 0 fully saturated rings. The van der Waals surface area contributed by atoms with Crippen LogP contribution in [0.4, 0.5) is 10.5 Å². The lowest BCUT2D eigenvalue weighted by atomic mass is 10.0. The summed E-state index contributed by atoms with van der Waals surface area (Å²) in [6, 6.07) is 19.0. The zero-order valence-electron chi connectivity index (χ0n) is 19.1. The van der Waals surface area contributed by atoms with Crippen molar-refractivity contribution in [2.24, 2.45) is 5.92 Å². The molecule has 0 saturated carbocycles. The molecular formula is C26H24Cl2N2O5. The fourth-order valence-corrected chi connectivity index (χ4v) is 3.46. The second kappa shape index (κ2) is 12.2. The number of hydrogen-bond donors (Lipinski definition) is 2. The molecule has 3 aromatic carbocycles. The van der Waals surface area contributed by atoms with E-state index >= 15 is 0 Å². The van der Waals surface area contributed by atoms with Gasteiger partial charge in [-0.3, -0.25) is 4.79 Å². The van der Waals surface area contributed by atoms with Crippen molar-refractivity contribution in [1.29, 1.82) is 0 Å². The Morgan fingerprint density at radius 2 is 1.60 bits per heavy atom. The summed E-state index contributed by atoms with van der Waals surface area (Å²) in [7, 11) is 0. The maximum Gasteiger partial charge on any atom is 0.408 e. The van der Waals surface area contributed by atoms with Crippen molar-refractivity contribution in [3.05, 3.63) is 94.0 Å². The maximum atomic E-state index is 13.0. The molecule has 0 aliphatic rings. The number of ether oxygens (including phenoxy) is 2. The number of halogens is 2. The molecule has 0 aliphatic carbocycles. The Kier molecular flexibility index (Phi) is 9.11. The van der Waals surface area contributed by atoms with Crippen molar-refractivity contribution < 1.29 is 23.9 Å². The highest BCUT2D eigenvalue weighted by Gasteiger charge is 2.28. The Hall–Kier alpha value is -3.55. The Balaban J connectivity index is 1.70. The Morgan fingerprint density at radius 1 is 0.886 bits per heavy atom. The van der Waals surface area contributed by atoms with E-state index in [1.54, 1.807) is 38.1 Å². The van der Waals surface area contributed by atoms with E-state index in [0.29, 0.717) is 10.7 Å². The van der Waals surface area contributed by atoms with E-state index in [1.165, 1.54) is 18.2 Å². The number of alkyl carbamates (subject to hydrolysis) is 1. The second-order valence-electron chi connectivity index (χ2n) is 7.95. The van der Waals surface area contributed by atoms with Gasteiger partial charge in [-0.25, -0.2) is 9.59 Å². The number of benzene rings is 3. The SMILES string of the molecule is CC(C)[C@@H](NC(=O)OCc1ccccc1)C(=O)Oc1ccc(Cl)cc1C(=O)Nc1cccc(Cl)c1. The molecule has 0 radical (unpaired) electrons. The summed E-state index contributed by atoms with van der Waals surface area (Å²) in [5.74, 6) is -1.63. The topological polar surface area (TPSA) is 93.7 Å². The standard InChI is InChI=1S/C26H24Cl2N2O5/c1-16(2)23(30-26(33)34-15-17-7-4-3-5-8-17)25(32)35-22-12-11-19(28)14-21(22)24(31)29-20-10-6-9-18(27)13-20/h3-14,16,23H,15H2,1-2H3,(H,29,31)(H,30,33)/t23-/m1/s1. The van der Waals surface area contributed by atoms with Gasteiger partial charge in [0.15, 0.2) is 0 Å². The van der Waals surface area contributed by atoms with Crippen LogP contribution in [0.15, 0.2) is 72.8 Å². The van der Waals surface area contributed by atoms with Crippen LogP contribution in [0, 0.1) is 5.92 Å². The smallest absolute Gasteiger partial charge is 0.408 e. The van der Waals surface area contributed by atoms with Crippen LogP contribution in [0.25, 0.3) is 0 Å². The van der Waals surface area contributed by atoms with Crippen molar-refractivity contribution in [2.45, 2.75) is 26.5 Å². The summed E-state index contributed by atoms with van der Waals surface area (Å²) in [4.78, 5) is 38.1. The molecule has 7 nitrogen and oxygen atoms in total. The van der Waals surface area contributed by atoms with Crippen LogP contribution in [0.2, 0.25) is 10.0 Å². The van der Waals surface area contributed by atoms with Gasteiger partial charge in [0.25, 0.3) is 5.91 Å². The van der Waals surface area contributed by atoms with Crippen LogP contribution in [-0.2, 0) is 16.1 Å². The lowest BCUT2D eigenvalue weighted by Crippen LogP contribution is -2.46. The molecule has 0 saturated heterocycles. The number of hydrogen-bond acceptors (Lipinski definition) is 5. The minimum absolute atomic E-state index is 0.0102. The quantitative estimate of drug-likeness (QED) is 0.279. The van der Waals surface area contributed by atoms with Crippen molar-refractivity contribution in [3.8, 4) is 5.75 Å². The van der Waals surface area contributed by atoms with Gasteiger partial charge in [-0.1, -0.05) is 73.4 Å². The third-order valence-corrected chi connectivity index (χ3v) is 5.36. The zero-order valence-corrected chi connectivity index (χ0v) is 20.6. The first kappa shape index (κ1) is 26.1. The molecule has 0 aromatic heterocycles. The summed E-state index contributed by atoms with van der Waals surface area (Å²) < 4.78 is 10.7. The van der Waals surface area contributed by atoms with E-state index in [-0.39, 0.29) is 28.9 Å². The molecule has 1 atom stereocenters. The monoisotopic (exact) mass is 514 g/mol. The first-order chi connectivity index (χ1) is 16.7. The number of carbonyl (C=O) groups is 3. The van der Waals surface area contributed by atoms with Crippen LogP contribution < -0.4 is 15.4 Å². The fourth-order valence-electron chi connectivity index (χ4n) is 3.09. The van der Waals surface area contributed by atoms with Crippen LogP contribution in [0.3, 0.4) is 0 Å². The molecule has 0 unspecified atom stereocenters. The zero-order chi connectivity index (χ0) is 25.4. The molecule has 9 heteroatoms. The van der Waals surface area contributed by atoms with Crippen LogP contribution in [0.5, 0.6) is 5.75 Å². The molecular weight excluding hydrogens is 491 g/mol. The highest BCUT2D eigenvalue weighted by atomic mass is 35.5. The third kappa shape index (κ3) is 7.73. The second-order valence-corrected chi connectivity index (χ2v) is 8.83. The predicted molar refractivity (Wildman–Crippen MR) is 135 cm³/mol. The molecule has 0 aliphatic heterocycles. The van der Waals surface area contributed by atoms with Crippen molar-refractivity contribution in [2.75, 3.05) is 5.32 Å². The van der Waals surface area contributed by atoms with Crippen molar-refractivity contribution in [1.82, 2.24) is 5.32 Å². The highest BCUT2D eigenvalue weighted by Crippen LogP contribution is 2.26. The summed E-state index contributed by atoms with van der Waals surface area (Å²) in [6.45, 7) is 3.55. The van der Waals surface area contributed by atoms with Crippen molar-refractivity contribution >= 4 is 46.9 Å². The van der Waals surface area contributed by atoms with Crippen LogP contribution >= 0.6 is 23.2 Å². The molecule has 0 heterocycles. The van der Waals surface area contributed by atoms with Gasteiger partial charge in [0.05, 0.1) is 5.56 Å². The van der Waals surface area contributed by atoms with Gasteiger partial charge >= 0.3 is 12.1 Å². The number of esters is 1. The molecule has 2 N–H and O–H groups in total.